The van der Waals surface area contributed by atoms with E-state index in [-0.39, 0.29) is 17.5 Å². The van der Waals surface area contributed by atoms with E-state index in [9.17, 15) is 4.79 Å². The van der Waals surface area contributed by atoms with Gasteiger partial charge in [0, 0.05) is 17.3 Å². The van der Waals surface area contributed by atoms with Gasteiger partial charge in [0.15, 0.2) is 0 Å². The third kappa shape index (κ3) is 3.39. The summed E-state index contributed by atoms with van der Waals surface area (Å²) in [5.74, 6) is -0.168. The summed E-state index contributed by atoms with van der Waals surface area (Å²) in [4.78, 5) is 16.4. The number of hydrogen-bond acceptors (Lipinski definition) is 4. The van der Waals surface area contributed by atoms with Gasteiger partial charge in [-0.1, -0.05) is 30.3 Å². The number of amides is 1. The number of benzene rings is 1. The van der Waals surface area contributed by atoms with Crippen molar-refractivity contribution in [2.24, 2.45) is 5.10 Å². The Bertz CT molecular complexity index is 744. The first-order chi connectivity index (χ1) is 10.9. The topological polar surface area (TPSA) is 66.4 Å². The zero-order valence-electron chi connectivity index (χ0n) is 13.5. The van der Waals surface area contributed by atoms with Crippen LogP contribution in [0.25, 0.3) is 0 Å². The maximum Gasteiger partial charge on any atom is 0.270 e. The fraction of sp³-hybridized carbons (Fsp3) is 0.278. The van der Waals surface area contributed by atoms with Gasteiger partial charge in [0.25, 0.3) is 5.91 Å². The highest BCUT2D eigenvalue weighted by molar-refractivity contribution is 5.92. The van der Waals surface area contributed by atoms with Crippen LogP contribution in [0.1, 0.15) is 54.0 Å². The highest BCUT2D eigenvalue weighted by Gasteiger charge is 2.21. The molecule has 1 atom stereocenters. The summed E-state index contributed by atoms with van der Waals surface area (Å²) in [5.41, 5.74) is 6.45. The molecule has 0 saturated carbocycles. The van der Waals surface area contributed by atoms with Gasteiger partial charge in [-0.2, -0.15) is 5.10 Å². The van der Waals surface area contributed by atoms with Crippen molar-refractivity contribution in [3.8, 4) is 0 Å². The van der Waals surface area contributed by atoms with Crippen LogP contribution in [0.15, 0.2) is 47.7 Å². The van der Waals surface area contributed by atoms with Crippen LogP contribution in [0.4, 0.5) is 0 Å². The molecule has 1 unspecified atom stereocenters. The predicted octanol–water partition coefficient (Wildman–Crippen LogP) is 2.64. The highest BCUT2D eigenvalue weighted by atomic mass is 16.2. The van der Waals surface area contributed by atoms with Crippen molar-refractivity contribution >= 4 is 12.1 Å². The Hall–Kier alpha value is -2.69. The molecule has 0 radical (unpaired) electrons. The number of carbonyl (C=O) groups excluding carboxylic acids is 1. The van der Waals surface area contributed by atoms with Crippen molar-refractivity contribution in [1.82, 2.24) is 15.7 Å². The summed E-state index contributed by atoms with van der Waals surface area (Å²) in [6.07, 6.45) is 3.54. The summed E-state index contributed by atoms with van der Waals surface area (Å²) in [6, 6.07) is 11.7. The largest absolute Gasteiger partial charge is 0.346 e. The molecule has 0 spiro atoms. The lowest BCUT2D eigenvalue weighted by Gasteiger charge is -2.23. The number of aromatic nitrogens is 1. The minimum absolute atomic E-state index is 0.0524. The maximum atomic E-state index is 12.1. The molecule has 0 bridgehead atoms. The SMILES string of the molecule is CC(C)(C)NC(=O)c1ccc(C2NN=Cc3ccccc32)cn1. The molecular weight excluding hydrogens is 288 g/mol. The van der Waals surface area contributed by atoms with E-state index in [4.69, 9.17) is 0 Å². The van der Waals surface area contributed by atoms with Crippen molar-refractivity contribution in [3.63, 3.8) is 0 Å². The molecule has 118 valence electrons. The Labute approximate surface area is 135 Å². The van der Waals surface area contributed by atoms with E-state index in [0.29, 0.717) is 5.69 Å². The van der Waals surface area contributed by atoms with E-state index >= 15 is 0 Å². The van der Waals surface area contributed by atoms with Gasteiger partial charge in [0.2, 0.25) is 0 Å². The van der Waals surface area contributed by atoms with Gasteiger partial charge in [-0.25, -0.2) is 0 Å². The summed E-state index contributed by atoms with van der Waals surface area (Å²) in [6.45, 7) is 5.83. The molecule has 1 aromatic carbocycles. The quantitative estimate of drug-likeness (QED) is 0.896. The lowest BCUT2D eigenvalue weighted by molar-refractivity contribution is 0.0914. The van der Waals surface area contributed by atoms with Crippen LogP contribution in [-0.2, 0) is 0 Å². The Morgan fingerprint density at radius 1 is 1.17 bits per heavy atom. The van der Waals surface area contributed by atoms with Crippen molar-refractivity contribution in [1.29, 1.82) is 0 Å². The van der Waals surface area contributed by atoms with E-state index in [2.05, 4.69) is 26.9 Å². The molecule has 1 aliphatic heterocycles. The third-order valence-electron chi connectivity index (χ3n) is 3.56. The molecule has 2 N–H and O–H groups in total. The second-order valence-electron chi connectivity index (χ2n) is 6.63. The van der Waals surface area contributed by atoms with Crippen LogP contribution >= 0.6 is 0 Å². The zero-order valence-corrected chi connectivity index (χ0v) is 13.5. The predicted molar refractivity (Wildman–Crippen MR) is 90.5 cm³/mol. The summed E-state index contributed by atoms with van der Waals surface area (Å²) < 4.78 is 0. The molecule has 1 aliphatic rings. The molecule has 0 fully saturated rings. The first kappa shape index (κ1) is 15.2. The molecule has 23 heavy (non-hydrogen) atoms. The smallest absolute Gasteiger partial charge is 0.270 e. The van der Waals surface area contributed by atoms with E-state index in [1.807, 2.05) is 51.3 Å². The van der Waals surface area contributed by atoms with Crippen LogP contribution in [0.5, 0.6) is 0 Å². The standard InChI is InChI=1S/C18H20N4O/c1-18(2,3)21-17(23)15-9-8-13(10-19-15)16-14-7-5-4-6-12(14)11-20-22-16/h4-11,16,22H,1-3H3,(H,21,23). The summed E-state index contributed by atoms with van der Waals surface area (Å²) >= 11 is 0. The van der Waals surface area contributed by atoms with Crippen LogP contribution in [0, 0.1) is 0 Å². The lowest BCUT2D eigenvalue weighted by atomic mass is 9.95. The van der Waals surface area contributed by atoms with Crippen molar-refractivity contribution < 1.29 is 4.79 Å². The molecule has 5 heteroatoms. The van der Waals surface area contributed by atoms with Crippen LogP contribution < -0.4 is 10.7 Å². The Morgan fingerprint density at radius 2 is 1.96 bits per heavy atom. The van der Waals surface area contributed by atoms with Gasteiger partial charge in [-0.15, -0.1) is 0 Å². The molecular formula is C18H20N4O. The van der Waals surface area contributed by atoms with Crippen LogP contribution in [-0.4, -0.2) is 22.6 Å². The highest BCUT2D eigenvalue weighted by Crippen LogP contribution is 2.26. The van der Waals surface area contributed by atoms with Crippen LogP contribution in [0.3, 0.4) is 0 Å². The second-order valence-corrected chi connectivity index (χ2v) is 6.63. The molecule has 1 amide bonds. The van der Waals surface area contributed by atoms with Crippen molar-refractivity contribution in [3.05, 3.63) is 65.0 Å². The molecule has 1 aromatic heterocycles. The fourth-order valence-electron chi connectivity index (χ4n) is 2.51. The number of nitrogens with zero attached hydrogens (tertiary/aromatic N) is 2. The minimum atomic E-state index is -0.282. The van der Waals surface area contributed by atoms with Gasteiger partial charge in [0.05, 0.1) is 12.3 Å². The number of nitrogens with one attached hydrogen (secondary N) is 2. The maximum absolute atomic E-state index is 12.1. The van der Waals surface area contributed by atoms with E-state index < -0.39 is 0 Å². The van der Waals surface area contributed by atoms with Gasteiger partial charge in [-0.05, 0) is 38.0 Å². The van der Waals surface area contributed by atoms with E-state index in [1.165, 1.54) is 0 Å². The van der Waals surface area contributed by atoms with E-state index in [0.717, 1.165) is 16.7 Å². The number of hydrogen-bond donors (Lipinski definition) is 2. The van der Waals surface area contributed by atoms with Gasteiger partial charge in [-0.3, -0.25) is 15.2 Å². The summed E-state index contributed by atoms with van der Waals surface area (Å²) in [7, 11) is 0. The molecule has 0 aliphatic carbocycles. The molecule has 0 saturated heterocycles. The van der Waals surface area contributed by atoms with Crippen molar-refractivity contribution in [2.75, 3.05) is 0 Å². The zero-order chi connectivity index (χ0) is 16.4. The Kier molecular flexibility index (Phi) is 3.86. The number of rotatable bonds is 2. The number of hydrazone groups is 1. The fourth-order valence-corrected chi connectivity index (χ4v) is 2.51. The van der Waals surface area contributed by atoms with Gasteiger partial charge in [0.1, 0.15) is 5.69 Å². The first-order valence-corrected chi connectivity index (χ1v) is 7.60. The molecule has 3 rings (SSSR count). The monoisotopic (exact) mass is 308 g/mol. The van der Waals surface area contributed by atoms with Gasteiger partial charge < -0.3 is 5.32 Å². The van der Waals surface area contributed by atoms with Gasteiger partial charge >= 0.3 is 0 Å². The Balaban J connectivity index is 1.83. The third-order valence-corrected chi connectivity index (χ3v) is 3.56. The molecule has 5 nitrogen and oxygen atoms in total. The average molecular weight is 308 g/mol. The second kappa shape index (κ2) is 5.83. The normalized spacial score (nSPS) is 16.4. The summed E-state index contributed by atoms with van der Waals surface area (Å²) in [5, 5.41) is 7.11. The number of fused-ring (bicyclic) bond motifs is 1. The van der Waals surface area contributed by atoms with Crippen molar-refractivity contribution in [2.45, 2.75) is 32.4 Å². The average Bonchev–Trinajstić information content (AvgIpc) is 2.53. The van der Waals surface area contributed by atoms with E-state index in [1.54, 1.807) is 12.3 Å². The minimum Gasteiger partial charge on any atom is -0.346 e. The number of pyridine rings is 1. The Morgan fingerprint density at radius 3 is 2.65 bits per heavy atom. The molecule has 2 heterocycles. The van der Waals surface area contributed by atoms with Crippen LogP contribution in [0.2, 0.25) is 0 Å². The number of carbonyl (C=O) groups is 1. The lowest BCUT2D eigenvalue weighted by Crippen LogP contribution is -2.40. The first-order valence-electron chi connectivity index (χ1n) is 7.60. The molecule has 2 aromatic rings.